The quantitative estimate of drug-likeness (QED) is 0.889. The number of nitrogens with one attached hydrogen (secondary N) is 1. The van der Waals surface area contributed by atoms with Gasteiger partial charge in [-0.15, -0.1) is 0 Å². The molecule has 0 amide bonds. The molecule has 1 aromatic carbocycles. The van der Waals surface area contributed by atoms with E-state index in [2.05, 4.69) is 9.71 Å². The maximum atomic E-state index is 12.1. The first-order valence-electron chi connectivity index (χ1n) is 5.76. The average molecular weight is 277 g/mol. The van der Waals surface area contributed by atoms with Gasteiger partial charge in [0.25, 0.3) is 10.0 Å². The van der Waals surface area contributed by atoms with Gasteiger partial charge < -0.3 is 5.73 Å². The molecule has 0 aliphatic carbocycles. The van der Waals surface area contributed by atoms with Crippen LogP contribution in [0.4, 0.5) is 5.82 Å². The molecular weight excluding hydrogens is 262 g/mol. The molecule has 100 valence electrons. The van der Waals surface area contributed by atoms with Gasteiger partial charge in [-0.1, -0.05) is 18.2 Å². The van der Waals surface area contributed by atoms with Gasteiger partial charge in [-0.05, 0) is 36.2 Å². The summed E-state index contributed by atoms with van der Waals surface area (Å²) < 4.78 is 26.7. The first-order valence-corrected chi connectivity index (χ1v) is 7.24. The predicted octanol–water partition coefficient (Wildman–Crippen LogP) is 1.65. The minimum atomic E-state index is -3.60. The number of aryl methyl sites for hydroxylation is 1. The summed E-state index contributed by atoms with van der Waals surface area (Å²) in [6, 6.07) is 10.0. The van der Waals surface area contributed by atoms with Crippen molar-refractivity contribution in [2.24, 2.45) is 5.73 Å². The number of benzene rings is 1. The molecule has 0 bridgehead atoms. The van der Waals surface area contributed by atoms with Crippen LogP contribution in [0.2, 0.25) is 0 Å². The number of anilines is 1. The Morgan fingerprint density at radius 2 is 2.05 bits per heavy atom. The highest BCUT2D eigenvalue weighted by Gasteiger charge is 2.14. The Labute approximate surface area is 112 Å². The van der Waals surface area contributed by atoms with E-state index in [1.54, 1.807) is 36.5 Å². The van der Waals surface area contributed by atoms with Gasteiger partial charge in [0.2, 0.25) is 0 Å². The second kappa shape index (κ2) is 5.38. The van der Waals surface area contributed by atoms with Gasteiger partial charge in [0.15, 0.2) is 0 Å². The van der Waals surface area contributed by atoms with Gasteiger partial charge in [0.05, 0.1) is 4.90 Å². The lowest BCUT2D eigenvalue weighted by Gasteiger charge is -2.08. The third-order valence-corrected chi connectivity index (χ3v) is 3.95. The molecule has 0 saturated heterocycles. The van der Waals surface area contributed by atoms with E-state index in [4.69, 9.17) is 5.73 Å². The molecule has 2 aromatic rings. The molecule has 0 aliphatic rings. The maximum absolute atomic E-state index is 12.1. The Hall–Kier alpha value is -1.92. The Balaban J connectivity index is 2.25. The van der Waals surface area contributed by atoms with Crippen LogP contribution in [-0.4, -0.2) is 13.4 Å². The van der Waals surface area contributed by atoms with Crippen molar-refractivity contribution in [1.29, 1.82) is 0 Å². The zero-order valence-electron chi connectivity index (χ0n) is 10.5. The third kappa shape index (κ3) is 3.30. The maximum Gasteiger partial charge on any atom is 0.263 e. The molecular formula is C13H15N3O2S. The lowest BCUT2D eigenvalue weighted by atomic mass is 10.2. The van der Waals surface area contributed by atoms with Crippen molar-refractivity contribution in [3.05, 3.63) is 53.7 Å². The molecule has 3 N–H and O–H groups in total. The molecule has 0 fully saturated rings. The van der Waals surface area contributed by atoms with Gasteiger partial charge in [-0.25, -0.2) is 13.4 Å². The summed E-state index contributed by atoms with van der Waals surface area (Å²) in [5.74, 6) is 0.277. The first kappa shape index (κ1) is 13.5. The number of sulfonamides is 1. The SMILES string of the molecule is Cc1cccc(S(=O)(=O)Nc2ccc(CN)cn2)c1. The molecule has 5 nitrogen and oxygen atoms in total. The molecule has 0 saturated carbocycles. The molecule has 19 heavy (non-hydrogen) atoms. The third-order valence-electron chi connectivity index (χ3n) is 2.60. The summed E-state index contributed by atoms with van der Waals surface area (Å²) in [6.45, 7) is 2.21. The highest BCUT2D eigenvalue weighted by Crippen LogP contribution is 2.15. The van der Waals surface area contributed by atoms with E-state index in [1.807, 2.05) is 13.0 Å². The summed E-state index contributed by atoms with van der Waals surface area (Å²) in [6.07, 6.45) is 1.55. The lowest BCUT2D eigenvalue weighted by Crippen LogP contribution is -2.14. The Bertz CT molecular complexity index is 667. The molecule has 0 radical (unpaired) electrons. The second-order valence-corrected chi connectivity index (χ2v) is 5.86. The summed E-state index contributed by atoms with van der Waals surface area (Å²) in [7, 11) is -3.60. The Kier molecular flexibility index (Phi) is 3.82. The van der Waals surface area contributed by atoms with Gasteiger partial charge in [-0.2, -0.15) is 0 Å². The topological polar surface area (TPSA) is 85.1 Å². The van der Waals surface area contributed by atoms with Crippen LogP contribution in [0.15, 0.2) is 47.5 Å². The standard InChI is InChI=1S/C13H15N3O2S/c1-10-3-2-4-12(7-10)19(17,18)16-13-6-5-11(8-14)9-15-13/h2-7,9H,8,14H2,1H3,(H,15,16). The van der Waals surface area contributed by atoms with E-state index >= 15 is 0 Å². The normalized spacial score (nSPS) is 11.3. The number of rotatable bonds is 4. The highest BCUT2D eigenvalue weighted by molar-refractivity contribution is 7.92. The minimum Gasteiger partial charge on any atom is -0.326 e. The van der Waals surface area contributed by atoms with Crippen LogP contribution >= 0.6 is 0 Å². The van der Waals surface area contributed by atoms with Crippen LogP contribution in [0.1, 0.15) is 11.1 Å². The van der Waals surface area contributed by atoms with Crippen LogP contribution < -0.4 is 10.5 Å². The van der Waals surface area contributed by atoms with Gasteiger partial charge in [-0.3, -0.25) is 4.72 Å². The molecule has 0 spiro atoms. The summed E-state index contributed by atoms with van der Waals surface area (Å²) >= 11 is 0. The van der Waals surface area contributed by atoms with E-state index in [1.165, 1.54) is 0 Å². The summed E-state index contributed by atoms with van der Waals surface area (Å²) in [5.41, 5.74) is 7.19. The number of hydrogen-bond donors (Lipinski definition) is 2. The summed E-state index contributed by atoms with van der Waals surface area (Å²) in [5, 5.41) is 0. The van der Waals surface area contributed by atoms with Gasteiger partial charge >= 0.3 is 0 Å². The average Bonchev–Trinajstić information content (AvgIpc) is 2.39. The smallest absolute Gasteiger partial charge is 0.263 e. The largest absolute Gasteiger partial charge is 0.326 e. The van der Waals surface area contributed by atoms with E-state index in [0.717, 1.165) is 11.1 Å². The predicted molar refractivity (Wildman–Crippen MR) is 74.1 cm³/mol. The fourth-order valence-electron chi connectivity index (χ4n) is 1.58. The minimum absolute atomic E-state index is 0.220. The van der Waals surface area contributed by atoms with Crippen molar-refractivity contribution in [2.75, 3.05) is 4.72 Å². The number of pyridine rings is 1. The zero-order chi connectivity index (χ0) is 13.9. The number of hydrogen-bond acceptors (Lipinski definition) is 4. The van der Waals surface area contributed by atoms with Crippen LogP contribution in [0.5, 0.6) is 0 Å². The number of aromatic nitrogens is 1. The zero-order valence-corrected chi connectivity index (χ0v) is 11.3. The van der Waals surface area contributed by atoms with Crippen molar-refractivity contribution in [2.45, 2.75) is 18.4 Å². The highest BCUT2D eigenvalue weighted by atomic mass is 32.2. The lowest BCUT2D eigenvalue weighted by molar-refractivity contribution is 0.601. The molecule has 0 atom stereocenters. The second-order valence-electron chi connectivity index (χ2n) is 4.18. The molecule has 1 aromatic heterocycles. The monoisotopic (exact) mass is 277 g/mol. The Morgan fingerprint density at radius 3 is 2.63 bits per heavy atom. The fraction of sp³-hybridized carbons (Fsp3) is 0.154. The molecule has 1 heterocycles. The molecule has 6 heteroatoms. The number of nitrogens with two attached hydrogens (primary N) is 1. The molecule has 0 aliphatic heterocycles. The van der Waals surface area contributed by atoms with E-state index < -0.39 is 10.0 Å². The molecule has 2 rings (SSSR count). The van der Waals surface area contributed by atoms with Gasteiger partial charge in [0.1, 0.15) is 5.82 Å². The Morgan fingerprint density at radius 1 is 1.26 bits per heavy atom. The molecule has 0 unspecified atom stereocenters. The number of nitrogens with zero attached hydrogens (tertiary/aromatic N) is 1. The van der Waals surface area contributed by atoms with Crippen molar-refractivity contribution in [3.63, 3.8) is 0 Å². The van der Waals surface area contributed by atoms with E-state index in [0.29, 0.717) is 6.54 Å². The van der Waals surface area contributed by atoms with Gasteiger partial charge in [0, 0.05) is 12.7 Å². The summed E-state index contributed by atoms with van der Waals surface area (Å²) in [4.78, 5) is 4.23. The van der Waals surface area contributed by atoms with Crippen LogP contribution in [0.3, 0.4) is 0 Å². The van der Waals surface area contributed by atoms with Crippen LogP contribution in [0.25, 0.3) is 0 Å². The van der Waals surface area contributed by atoms with Crippen molar-refractivity contribution in [3.8, 4) is 0 Å². The van der Waals surface area contributed by atoms with E-state index in [-0.39, 0.29) is 10.7 Å². The fourth-order valence-corrected chi connectivity index (χ4v) is 2.70. The van der Waals surface area contributed by atoms with E-state index in [9.17, 15) is 8.42 Å². The van der Waals surface area contributed by atoms with Crippen LogP contribution in [-0.2, 0) is 16.6 Å². The van der Waals surface area contributed by atoms with Crippen molar-refractivity contribution >= 4 is 15.8 Å². The van der Waals surface area contributed by atoms with Crippen molar-refractivity contribution in [1.82, 2.24) is 4.98 Å². The first-order chi connectivity index (χ1) is 9.01. The van der Waals surface area contributed by atoms with Crippen molar-refractivity contribution < 1.29 is 8.42 Å². The van der Waals surface area contributed by atoms with Crippen LogP contribution in [0, 0.1) is 6.92 Å².